The Balaban J connectivity index is 1.62. The lowest BCUT2D eigenvalue weighted by molar-refractivity contribution is 0.105. The average Bonchev–Trinajstić information content (AvgIpc) is 3.05. The second-order valence-corrected chi connectivity index (χ2v) is 7.06. The van der Waals surface area contributed by atoms with Crippen molar-refractivity contribution >= 4 is 17.7 Å². The maximum Gasteiger partial charge on any atom is 0.191 e. The fourth-order valence-electron chi connectivity index (χ4n) is 2.46. The Kier molecular flexibility index (Phi) is 7.60. The molecule has 0 amide bonds. The van der Waals surface area contributed by atoms with Gasteiger partial charge in [-0.05, 0) is 31.4 Å². The van der Waals surface area contributed by atoms with Gasteiger partial charge in [0.1, 0.15) is 0 Å². The second-order valence-electron chi connectivity index (χ2n) is 5.55. The van der Waals surface area contributed by atoms with Crippen LogP contribution in [0.3, 0.4) is 0 Å². The number of aliphatic imine (C=N–C) groups is 1. The van der Waals surface area contributed by atoms with Gasteiger partial charge in [0, 0.05) is 36.9 Å². The molecule has 1 fully saturated rings. The molecule has 1 heterocycles. The summed E-state index contributed by atoms with van der Waals surface area (Å²) < 4.78 is 5.63. The van der Waals surface area contributed by atoms with Crippen molar-refractivity contribution < 1.29 is 4.74 Å². The fourth-order valence-corrected chi connectivity index (χ4v) is 3.40. The van der Waals surface area contributed by atoms with Crippen molar-refractivity contribution in [3.63, 3.8) is 0 Å². The molecule has 2 rings (SSSR count). The summed E-state index contributed by atoms with van der Waals surface area (Å²) in [4.78, 5) is 5.58. The highest BCUT2D eigenvalue weighted by atomic mass is 32.2. The SMILES string of the molecule is CN=C(NCCC1CCCO1)NCC(C)Sc1ccccc1. The van der Waals surface area contributed by atoms with Gasteiger partial charge in [-0.15, -0.1) is 11.8 Å². The maximum absolute atomic E-state index is 5.63. The highest BCUT2D eigenvalue weighted by Gasteiger charge is 2.14. The molecule has 1 aromatic carbocycles. The Morgan fingerprint density at radius 2 is 2.18 bits per heavy atom. The molecule has 1 saturated heterocycles. The first-order valence-electron chi connectivity index (χ1n) is 8.05. The molecular formula is C17H27N3OS. The highest BCUT2D eigenvalue weighted by molar-refractivity contribution is 8.00. The second kappa shape index (κ2) is 9.74. The van der Waals surface area contributed by atoms with Crippen molar-refractivity contribution in [2.75, 3.05) is 26.7 Å². The van der Waals surface area contributed by atoms with Gasteiger partial charge in [-0.25, -0.2) is 0 Å². The molecule has 2 N–H and O–H groups in total. The number of thioether (sulfide) groups is 1. The molecule has 1 aliphatic rings. The van der Waals surface area contributed by atoms with E-state index in [-0.39, 0.29) is 0 Å². The molecule has 1 aliphatic heterocycles. The number of benzene rings is 1. The zero-order chi connectivity index (χ0) is 15.6. The zero-order valence-corrected chi connectivity index (χ0v) is 14.4. The van der Waals surface area contributed by atoms with E-state index >= 15 is 0 Å². The summed E-state index contributed by atoms with van der Waals surface area (Å²) in [6, 6.07) is 10.5. The van der Waals surface area contributed by atoms with Crippen LogP contribution < -0.4 is 10.6 Å². The van der Waals surface area contributed by atoms with E-state index < -0.39 is 0 Å². The van der Waals surface area contributed by atoms with Crippen LogP contribution in [-0.2, 0) is 4.74 Å². The van der Waals surface area contributed by atoms with E-state index in [4.69, 9.17) is 4.74 Å². The molecule has 0 aliphatic carbocycles. The number of nitrogens with one attached hydrogen (secondary N) is 2. The van der Waals surface area contributed by atoms with Crippen LogP contribution in [0, 0.1) is 0 Å². The third-order valence-corrected chi connectivity index (χ3v) is 4.76. The van der Waals surface area contributed by atoms with Gasteiger partial charge < -0.3 is 15.4 Å². The van der Waals surface area contributed by atoms with E-state index in [0.29, 0.717) is 11.4 Å². The van der Waals surface area contributed by atoms with Gasteiger partial charge in [0.05, 0.1) is 6.10 Å². The van der Waals surface area contributed by atoms with Gasteiger partial charge in [-0.1, -0.05) is 25.1 Å². The molecule has 22 heavy (non-hydrogen) atoms. The Hall–Kier alpha value is -1.20. The van der Waals surface area contributed by atoms with Crippen molar-refractivity contribution in [2.24, 2.45) is 4.99 Å². The van der Waals surface area contributed by atoms with Gasteiger partial charge in [-0.3, -0.25) is 4.99 Å². The van der Waals surface area contributed by atoms with Crippen LogP contribution in [-0.4, -0.2) is 44.1 Å². The van der Waals surface area contributed by atoms with Crippen molar-refractivity contribution in [1.29, 1.82) is 0 Å². The predicted octanol–water partition coefficient (Wildman–Crippen LogP) is 2.90. The van der Waals surface area contributed by atoms with Gasteiger partial charge in [0.2, 0.25) is 0 Å². The van der Waals surface area contributed by atoms with Crippen molar-refractivity contribution in [1.82, 2.24) is 10.6 Å². The third kappa shape index (κ3) is 6.28. The quantitative estimate of drug-likeness (QED) is 0.460. The van der Waals surface area contributed by atoms with E-state index in [1.165, 1.54) is 17.7 Å². The van der Waals surface area contributed by atoms with Crippen LogP contribution in [0.4, 0.5) is 0 Å². The molecule has 2 unspecified atom stereocenters. The number of ether oxygens (including phenoxy) is 1. The minimum atomic E-state index is 0.429. The molecule has 0 bridgehead atoms. The topological polar surface area (TPSA) is 45.7 Å². The Morgan fingerprint density at radius 1 is 1.36 bits per heavy atom. The Bertz CT molecular complexity index is 446. The smallest absolute Gasteiger partial charge is 0.191 e. The molecule has 0 radical (unpaired) electrons. The van der Waals surface area contributed by atoms with Crippen molar-refractivity contribution in [3.8, 4) is 0 Å². The third-order valence-electron chi connectivity index (χ3n) is 3.64. The number of hydrogen-bond donors (Lipinski definition) is 2. The minimum absolute atomic E-state index is 0.429. The molecule has 1 aromatic rings. The van der Waals surface area contributed by atoms with E-state index in [9.17, 15) is 0 Å². The predicted molar refractivity (Wildman–Crippen MR) is 94.7 cm³/mol. The summed E-state index contributed by atoms with van der Waals surface area (Å²) in [5, 5.41) is 7.24. The molecule has 0 saturated carbocycles. The van der Waals surface area contributed by atoms with E-state index in [1.807, 2.05) is 24.9 Å². The lowest BCUT2D eigenvalue weighted by Gasteiger charge is -2.16. The van der Waals surface area contributed by atoms with Crippen LogP contribution in [0.1, 0.15) is 26.2 Å². The number of guanidine groups is 1. The summed E-state index contributed by atoms with van der Waals surface area (Å²) in [6.07, 6.45) is 3.87. The summed E-state index contributed by atoms with van der Waals surface area (Å²) in [5.74, 6) is 0.874. The number of hydrogen-bond acceptors (Lipinski definition) is 3. The molecule has 0 aromatic heterocycles. The Morgan fingerprint density at radius 3 is 2.86 bits per heavy atom. The van der Waals surface area contributed by atoms with Crippen molar-refractivity contribution in [3.05, 3.63) is 30.3 Å². The van der Waals surface area contributed by atoms with Crippen LogP contribution in [0.2, 0.25) is 0 Å². The van der Waals surface area contributed by atoms with E-state index in [2.05, 4.69) is 46.8 Å². The molecule has 2 atom stereocenters. The number of nitrogens with zero attached hydrogens (tertiary/aromatic N) is 1. The van der Waals surface area contributed by atoms with Gasteiger partial charge >= 0.3 is 0 Å². The number of rotatable bonds is 7. The van der Waals surface area contributed by atoms with E-state index in [0.717, 1.165) is 32.1 Å². The van der Waals surface area contributed by atoms with Crippen LogP contribution in [0.15, 0.2) is 40.2 Å². The average molecular weight is 321 g/mol. The van der Waals surface area contributed by atoms with Gasteiger partial charge in [0.25, 0.3) is 0 Å². The summed E-state index contributed by atoms with van der Waals surface area (Å²) in [6.45, 7) is 4.94. The lowest BCUT2D eigenvalue weighted by atomic mass is 10.2. The normalized spacial score (nSPS) is 19.9. The van der Waals surface area contributed by atoms with Crippen molar-refractivity contribution in [2.45, 2.75) is 42.4 Å². The summed E-state index contributed by atoms with van der Waals surface area (Å²) in [7, 11) is 1.82. The van der Waals surface area contributed by atoms with E-state index in [1.54, 1.807) is 0 Å². The first kappa shape index (κ1) is 17.2. The monoisotopic (exact) mass is 321 g/mol. The van der Waals surface area contributed by atoms with Crippen LogP contribution in [0.5, 0.6) is 0 Å². The molecule has 4 nitrogen and oxygen atoms in total. The van der Waals surface area contributed by atoms with Gasteiger partial charge in [0.15, 0.2) is 5.96 Å². The van der Waals surface area contributed by atoms with Crippen LogP contribution in [0.25, 0.3) is 0 Å². The maximum atomic E-state index is 5.63. The summed E-state index contributed by atoms with van der Waals surface area (Å²) >= 11 is 1.88. The Labute approximate surface area is 138 Å². The molecule has 0 spiro atoms. The first-order valence-corrected chi connectivity index (χ1v) is 8.93. The van der Waals surface area contributed by atoms with Gasteiger partial charge in [-0.2, -0.15) is 0 Å². The zero-order valence-electron chi connectivity index (χ0n) is 13.5. The standard InChI is InChI=1S/C17H27N3OS/c1-14(22-16-8-4-3-5-9-16)13-20-17(18-2)19-11-10-15-7-6-12-21-15/h3-5,8-9,14-15H,6-7,10-13H2,1-2H3,(H2,18,19,20). The molecule has 5 heteroatoms. The highest BCUT2D eigenvalue weighted by Crippen LogP contribution is 2.21. The lowest BCUT2D eigenvalue weighted by Crippen LogP contribution is -2.41. The molecular weight excluding hydrogens is 294 g/mol. The minimum Gasteiger partial charge on any atom is -0.378 e. The largest absolute Gasteiger partial charge is 0.378 e. The van der Waals surface area contributed by atoms with Crippen LogP contribution >= 0.6 is 11.8 Å². The summed E-state index contributed by atoms with van der Waals surface area (Å²) in [5.41, 5.74) is 0. The molecule has 122 valence electrons. The first-order chi connectivity index (χ1) is 10.8. The fraction of sp³-hybridized carbons (Fsp3) is 0.588.